The Labute approximate surface area is 179 Å². The number of alkyl halides is 1. The number of nitrogens with zero attached hydrogens (tertiary/aromatic N) is 3. The van der Waals surface area contributed by atoms with E-state index >= 15 is 0 Å². The summed E-state index contributed by atoms with van der Waals surface area (Å²) in [7, 11) is 0. The molecule has 1 aliphatic carbocycles. The minimum Gasteiger partial charge on any atom is -0.448 e. The summed E-state index contributed by atoms with van der Waals surface area (Å²) >= 11 is 2.99. The van der Waals surface area contributed by atoms with Gasteiger partial charge in [0, 0.05) is 41.3 Å². The quantitative estimate of drug-likeness (QED) is 0.205. The Morgan fingerprint density at radius 2 is 1.70 bits per heavy atom. The van der Waals surface area contributed by atoms with Crippen LogP contribution in [0.2, 0.25) is 0 Å². The van der Waals surface area contributed by atoms with E-state index in [4.69, 9.17) is 4.42 Å². The molecule has 1 aromatic heterocycles. The van der Waals surface area contributed by atoms with Crippen molar-refractivity contribution in [3.8, 4) is 11.3 Å². The van der Waals surface area contributed by atoms with Gasteiger partial charge in [0.25, 0.3) is 11.4 Å². The first-order valence-corrected chi connectivity index (χ1v) is 10.0. The molecule has 0 amide bonds. The summed E-state index contributed by atoms with van der Waals surface area (Å²) in [4.78, 5) is 35.6. The molecule has 0 bridgehead atoms. The SMILES string of the molecule is O=C(CBr)c1cccc([N+](=O)[O-])c1.O=[N+]([O-])c1cccc(-c2coc(C3CC3)n2)c1. The summed E-state index contributed by atoms with van der Waals surface area (Å²) < 4.78 is 5.36. The van der Waals surface area contributed by atoms with E-state index in [1.807, 2.05) is 0 Å². The predicted molar refractivity (Wildman–Crippen MR) is 112 cm³/mol. The number of ketones is 1. The second-order valence-electron chi connectivity index (χ2n) is 6.52. The fourth-order valence-electron chi connectivity index (χ4n) is 2.59. The van der Waals surface area contributed by atoms with Crippen molar-refractivity contribution in [1.82, 2.24) is 4.98 Å². The van der Waals surface area contributed by atoms with E-state index in [1.54, 1.807) is 24.5 Å². The molecule has 1 heterocycles. The minimum absolute atomic E-state index is 0.0631. The zero-order chi connectivity index (χ0) is 21.7. The summed E-state index contributed by atoms with van der Waals surface area (Å²) in [6, 6.07) is 12.1. The highest BCUT2D eigenvalue weighted by Crippen LogP contribution is 2.40. The Bertz CT molecular complexity index is 1090. The Morgan fingerprint density at radius 3 is 2.30 bits per heavy atom. The van der Waals surface area contributed by atoms with Crippen molar-refractivity contribution in [3.63, 3.8) is 0 Å². The summed E-state index contributed by atoms with van der Waals surface area (Å²) in [6.45, 7) is 0. The van der Waals surface area contributed by atoms with E-state index in [-0.39, 0.29) is 22.5 Å². The van der Waals surface area contributed by atoms with Gasteiger partial charge in [-0.05, 0) is 12.8 Å². The largest absolute Gasteiger partial charge is 0.448 e. The van der Waals surface area contributed by atoms with Crippen LogP contribution in [0.1, 0.15) is 35.0 Å². The molecule has 0 radical (unpaired) electrons. The van der Waals surface area contributed by atoms with Crippen LogP contribution in [0.25, 0.3) is 11.3 Å². The van der Waals surface area contributed by atoms with E-state index in [2.05, 4.69) is 20.9 Å². The Balaban J connectivity index is 0.000000178. The number of Topliss-reactive ketones (excluding diaryl/α,β-unsaturated/α-hetero) is 1. The zero-order valence-electron chi connectivity index (χ0n) is 15.6. The summed E-state index contributed by atoms with van der Waals surface area (Å²) in [6.07, 6.45) is 3.80. The van der Waals surface area contributed by atoms with Crippen LogP contribution in [0.4, 0.5) is 11.4 Å². The lowest BCUT2D eigenvalue weighted by atomic mass is 10.1. The molecule has 154 valence electrons. The van der Waals surface area contributed by atoms with Crippen LogP contribution in [0.5, 0.6) is 0 Å². The molecular formula is C20H16BrN3O6. The van der Waals surface area contributed by atoms with E-state index in [0.29, 0.717) is 17.2 Å². The van der Waals surface area contributed by atoms with E-state index < -0.39 is 9.85 Å². The van der Waals surface area contributed by atoms with Crippen LogP contribution in [0.15, 0.2) is 59.2 Å². The number of oxazole rings is 1. The van der Waals surface area contributed by atoms with Crippen molar-refractivity contribution in [3.05, 3.63) is 86.5 Å². The van der Waals surface area contributed by atoms with Gasteiger partial charge in [-0.15, -0.1) is 0 Å². The van der Waals surface area contributed by atoms with Gasteiger partial charge in [-0.1, -0.05) is 40.2 Å². The second-order valence-corrected chi connectivity index (χ2v) is 7.08. The summed E-state index contributed by atoms with van der Waals surface area (Å²) in [5, 5.41) is 21.2. The van der Waals surface area contributed by atoms with Gasteiger partial charge < -0.3 is 4.42 Å². The van der Waals surface area contributed by atoms with Crippen molar-refractivity contribution in [2.75, 3.05) is 5.33 Å². The standard InChI is InChI=1S/C12H10N2O3.C8H6BrNO3/c15-14(16)10-3-1-2-9(6-10)11-7-17-12(13-11)8-4-5-8;9-5-8(11)6-2-1-3-7(4-6)10(12)13/h1-3,6-8H,4-5H2;1-4H,5H2. The van der Waals surface area contributed by atoms with E-state index in [0.717, 1.165) is 24.3 Å². The van der Waals surface area contributed by atoms with Crippen LogP contribution in [0, 0.1) is 20.2 Å². The number of aromatic nitrogens is 1. The molecular weight excluding hydrogens is 458 g/mol. The number of hydrogen-bond acceptors (Lipinski definition) is 7. The monoisotopic (exact) mass is 473 g/mol. The Morgan fingerprint density at radius 1 is 1.07 bits per heavy atom. The Kier molecular flexibility index (Phi) is 6.68. The number of non-ortho nitro benzene ring substituents is 2. The molecule has 30 heavy (non-hydrogen) atoms. The first-order valence-electron chi connectivity index (χ1n) is 8.93. The van der Waals surface area contributed by atoms with Gasteiger partial charge >= 0.3 is 0 Å². The molecule has 2 aromatic carbocycles. The van der Waals surface area contributed by atoms with Gasteiger partial charge in [0.05, 0.1) is 15.2 Å². The maximum absolute atomic E-state index is 11.1. The minimum atomic E-state index is -0.523. The molecule has 1 saturated carbocycles. The molecule has 0 atom stereocenters. The molecule has 0 spiro atoms. The van der Waals surface area contributed by atoms with Crippen LogP contribution < -0.4 is 0 Å². The van der Waals surface area contributed by atoms with Gasteiger partial charge in [0.15, 0.2) is 11.7 Å². The maximum atomic E-state index is 11.1. The topological polar surface area (TPSA) is 129 Å². The van der Waals surface area contributed by atoms with Gasteiger partial charge in [-0.25, -0.2) is 4.98 Å². The average molecular weight is 474 g/mol. The molecule has 4 rings (SSSR count). The number of nitro groups is 2. The highest BCUT2D eigenvalue weighted by Gasteiger charge is 2.28. The van der Waals surface area contributed by atoms with Crippen LogP contribution in [0.3, 0.4) is 0 Å². The summed E-state index contributed by atoms with van der Waals surface area (Å²) in [5.74, 6) is 1.03. The molecule has 10 heteroatoms. The van der Waals surface area contributed by atoms with Crippen LogP contribution in [-0.2, 0) is 0 Å². The number of halogens is 1. The number of hydrogen-bond donors (Lipinski definition) is 0. The van der Waals surface area contributed by atoms with Crippen molar-refractivity contribution < 1.29 is 19.1 Å². The highest BCUT2D eigenvalue weighted by molar-refractivity contribution is 9.09. The molecule has 1 fully saturated rings. The first kappa shape index (κ1) is 21.3. The van der Waals surface area contributed by atoms with E-state index in [9.17, 15) is 25.0 Å². The third-order valence-corrected chi connectivity index (χ3v) is 4.81. The molecule has 0 N–H and O–H groups in total. The number of carbonyl (C=O) groups is 1. The first-order chi connectivity index (χ1) is 14.4. The lowest BCUT2D eigenvalue weighted by molar-refractivity contribution is -0.385. The molecule has 1 aliphatic rings. The molecule has 0 unspecified atom stereocenters. The Hall–Kier alpha value is -3.40. The second kappa shape index (κ2) is 9.40. The average Bonchev–Trinajstić information content (AvgIpc) is 3.50. The van der Waals surface area contributed by atoms with Crippen LogP contribution in [-0.4, -0.2) is 25.9 Å². The number of benzene rings is 2. The van der Waals surface area contributed by atoms with Gasteiger partial charge in [0.2, 0.25) is 0 Å². The van der Waals surface area contributed by atoms with Gasteiger partial charge in [0.1, 0.15) is 12.0 Å². The van der Waals surface area contributed by atoms with E-state index in [1.165, 1.54) is 30.3 Å². The number of rotatable bonds is 6. The normalized spacial score (nSPS) is 12.6. The van der Waals surface area contributed by atoms with Gasteiger partial charge in [-0.3, -0.25) is 25.0 Å². The third kappa shape index (κ3) is 5.35. The summed E-state index contributed by atoms with van der Waals surface area (Å²) in [5.41, 5.74) is 1.74. The maximum Gasteiger partial charge on any atom is 0.270 e. The zero-order valence-corrected chi connectivity index (χ0v) is 17.1. The fraction of sp³-hybridized carbons (Fsp3) is 0.200. The van der Waals surface area contributed by atoms with Crippen molar-refractivity contribution in [2.24, 2.45) is 0 Å². The lowest BCUT2D eigenvalue weighted by Gasteiger charge is -1.95. The van der Waals surface area contributed by atoms with Gasteiger partial charge in [-0.2, -0.15) is 0 Å². The van der Waals surface area contributed by atoms with Crippen molar-refractivity contribution in [1.29, 1.82) is 0 Å². The molecule has 9 nitrogen and oxygen atoms in total. The lowest BCUT2D eigenvalue weighted by Crippen LogP contribution is -2.00. The fourth-order valence-corrected chi connectivity index (χ4v) is 2.91. The molecule has 3 aromatic rings. The smallest absolute Gasteiger partial charge is 0.270 e. The highest BCUT2D eigenvalue weighted by atomic mass is 79.9. The van der Waals surface area contributed by atoms with Crippen molar-refractivity contribution >= 4 is 33.1 Å². The predicted octanol–water partition coefficient (Wildman–Crippen LogP) is 5.30. The number of carbonyl (C=O) groups excluding carboxylic acids is 1. The molecule has 0 saturated heterocycles. The van der Waals surface area contributed by atoms with Crippen molar-refractivity contribution in [2.45, 2.75) is 18.8 Å². The third-order valence-electron chi connectivity index (χ3n) is 4.30. The molecule has 0 aliphatic heterocycles. The van der Waals surface area contributed by atoms with Crippen LogP contribution >= 0.6 is 15.9 Å². The number of nitro benzene ring substituents is 2.